The Bertz CT molecular complexity index is 652. The summed E-state index contributed by atoms with van der Waals surface area (Å²) in [5.41, 5.74) is 5.75. The van der Waals surface area contributed by atoms with Gasteiger partial charge in [0.2, 0.25) is 15.9 Å². The lowest BCUT2D eigenvalue weighted by atomic mass is 10.0. The van der Waals surface area contributed by atoms with E-state index in [1.807, 2.05) is 0 Å². The Kier molecular flexibility index (Phi) is 4.43. The van der Waals surface area contributed by atoms with Crippen molar-refractivity contribution >= 4 is 21.7 Å². The Hall–Kier alpha value is -1.73. The monoisotopic (exact) mass is 310 g/mol. The minimum Gasteiger partial charge on any atom is -0.368 e. The Morgan fingerprint density at radius 1 is 1.19 bits per heavy atom. The molecule has 1 aromatic rings. The molecule has 1 saturated heterocycles. The Morgan fingerprint density at radius 2 is 1.81 bits per heavy atom. The minimum atomic E-state index is -3.78. The molecule has 2 N–H and O–H groups in total. The van der Waals surface area contributed by atoms with E-state index in [4.69, 9.17) is 5.73 Å². The molecule has 1 aromatic carbocycles. The van der Waals surface area contributed by atoms with Crippen molar-refractivity contribution in [1.29, 1.82) is 0 Å². The molecule has 1 aliphatic heterocycles. The van der Waals surface area contributed by atoms with E-state index in [0.717, 1.165) is 6.42 Å². The molecule has 2 rings (SSSR count). The van der Waals surface area contributed by atoms with Crippen LogP contribution in [0.5, 0.6) is 0 Å². The van der Waals surface area contributed by atoms with Crippen molar-refractivity contribution in [3.63, 3.8) is 0 Å². The number of rotatable bonds is 4. The van der Waals surface area contributed by atoms with Crippen LogP contribution < -0.4 is 5.73 Å². The van der Waals surface area contributed by atoms with Gasteiger partial charge in [-0.05, 0) is 31.9 Å². The summed E-state index contributed by atoms with van der Waals surface area (Å²) in [5.74, 6) is -0.759. The number of Topliss-reactive ketones (excluding diaryl/α,β-unsaturated/α-hetero) is 1. The van der Waals surface area contributed by atoms with Crippen molar-refractivity contribution in [3.8, 4) is 0 Å². The van der Waals surface area contributed by atoms with Gasteiger partial charge < -0.3 is 5.73 Å². The van der Waals surface area contributed by atoms with Crippen molar-refractivity contribution in [3.05, 3.63) is 29.8 Å². The van der Waals surface area contributed by atoms with Crippen molar-refractivity contribution in [2.45, 2.75) is 37.1 Å². The van der Waals surface area contributed by atoms with Crippen LogP contribution in [0.1, 0.15) is 36.5 Å². The van der Waals surface area contributed by atoms with Gasteiger partial charge in [-0.15, -0.1) is 0 Å². The highest BCUT2D eigenvalue weighted by atomic mass is 32.2. The predicted molar refractivity (Wildman–Crippen MR) is 77.2 cm³/mol. The first-order valence-electron chi connectivity index (χ1n) is 6.76. The van der Waals surface area contributed by atoms with Gasteiger partial charge in [0.15, 0.2) is 5.78 Å². The lowest BCUT2D eigenvalue weighted by molar-refractivity contribution is -0.122. The van der Waals surface area contributed by atoms with Gasteiger partial charge in [0.1, 0.15) is 6.04 Å². The zero-order valence-electron chi connectivity index (χ0n) is 11.8. The fourth-order valence-corrected chi connectivity index (χ4v) is 4.14. The second kappa shape index (κ2) is 5.95. The molecule has 1 heterocycles. The number of sulfonamides is 1. The van der Waals surface area contributed by atoms with Crippen LogP contribution in [0.4, 0.5) is 0 Å². The number of nitrogens with two attached hydrogens (primary N) is 1. The summed E-state index contributed by atoms with van der Waals surface area (Å²) in [4.78, 5) is 22.8. The number of ketones is 1. The molecule has 0 saturated carbocycles. The van der Waals surface area contributed by atoms with Gasteiger partial charge in [0.05, 0.1) is 4.90 Å². The van der Waals surface area contributed by atoms with Gasteiger partial charge in [-0.3, -0.25) is 9.59 Å². The van der Waals surface area contributed by atoms with Gasteiger partial charge in [-0.25, -0.2) is 8.42 Å². The summed E-state index contributed by atoms with van der Waals surface area (Å²) < 4.78 is 26.4. The first-order chi connectivity index (χ1) is 9.84. The van der Waals surface area contributed by atoms with Crippen LogP contribution in [0, 0.1) is 0 Å². The molecule has 1 atom stereocenters. The second-order valence-electron chi connectivity index (χ2n) is 5.11. The average Bonchev–Trinajstić information content (AvgIpc) is 2.47. The normalized spacial score (nSPS) is 20.1. The van der Waals surface area contributed by atoms with Crippen LogP contribution in [0.25, 0.3) is 0 Å². The predicted octanol–water partition coefficient (Wildman–Crippen LogP) is 0.918. The Labute approximate surface area is 124 Å². The molecule has 1 amide bonds. The van der Waals surface area contributed by atoms with Gasteiger partial charge in [-0.2, -0.15) is 4.31 Å². The number of piperidine rings is 1. The quantitative estimate of drug-likeness (QED) is 0.836. The maximum atomic E-state index is 12.6. The molecule has 0 aromatic heterocycles. The van der Waals surface area contributed by atoms with Crippen LogP contribution in [0.2, 0.25) is 0 Å². The molecule has 0 radical (unpaired) electrons. The second-order valence-corrected chi connectivity index (χ2v) is 7.00. The third-order valence-electron chi connectivity index (χ3n) is 3.65. The third-order valence-corrected chi connectivity index (χ3v) is 5.57. The molecule has 1 aliphatic rings. The van der Waals surface area contributed by atoms with E-state index in [1.165, 1.54) is 35.5 Å². The van der Waals surface area contributed by atoms with Crippen LogP contribution in [0.3, 0.4) is 0 Å². The lowest BCUT2D eigenvalue weighted by Gasteiger charge is -2.32. The topological polar surface area (TPSA) is 97.5 Å². The maximum absolute atomic E-state index is 12.6. The van der Waals surface area contributed by atoms with Crippen LogP contribution in [-0.2, 0) is 14.8 Å². The molecule has 6 nitrogen and oxygen atoms in total. The largest absolute Gasteiger partial charge is 0.368 e. The third kappa shape index (κ3) is 3.14. The Morgan fingerprint density at radius 3 is 2.33 bits per heavy atom. The zero-order valence-corrected chi connectivity index (χ0v) is 12.6. The maximum Gasteiger partial charge on any atom is 0.243 e. The summed E-state index contributed by atoms with van der Waals surface area (Å²) in [6.07, 6.45) is 1.93. The highest BCUT2D eigenvalue weighted by Gasteiger charge is 2.36. The van der Waals surface area contributed by atoms with Crippen LogP contribution in [0.15, 0.2) is 29.2 Å². The molecule has 114 valence electrons. The van der Waals surface area contributed by atoms with E-state index in [9.17, 15) is 18.0 Å². The molecule has 7 heteroatoms. The summed E-state index contributed by atoms with van der Waals surface area (Å²) in [7, 11) is -3.78. The Balaban J connectivity index is 2.35. The van der Waals surface area contributed by atoms with Crippen molar-refractivity contribution in [2.75, 3.05) is 6.54 Å². The fraction of sp³-hybridized carbons (Fsp3) is 0.429. The highest BCUT2D eigenvalue weighted by molar-refractivity contribution is 7.89. The number of carbonyl (C=O) groups is 2. The molecule has 1 fully saturated rings. The van der Waals surface area contributed by atoms with E-state index >= 15 is 0 Å². The first-order valence-corrected chi connectivity index (χ1v) is 8.20. The lowest BCUT2D eigenvalue weighted by Crippen LogP contribution is -2.50. The highest BCUT2D eigenvalue weighted by Crippen LogP contribution is 2.25. The smallest absolute Gasteiger partial charge is 0.243 e. The number of benzene rings is 1. The molecular formula is C14H18N2O4S. The standard InChI is InChI=1S/C14H18N2O4S/c1-10(17)11-5-7-12(8-6-11)21(19,20)16-9-3-2-4-13(16)14(15)18/h5-8,13H,2-4,9H2,1H3,(H2,15,18)/t13-/m1/s1. The molecule has 0 unspecified atom stereocenters. The number of hydrogen-bond acceptors (Lipinski definition) is 4. The number of primary amides is 1. The van der Waals surface area contributed by atoms with Crippen molar-refractivity contribution < 1.29 is 18.0 Å². The summed E-state index contributed by atoms with van der Waals surface area (Å²) in [6.45, 7) is 1.70. The van der Waals surface area contributed by atoms with Crippen LogP contribution >= 0.6 is 0 Å². The molecule has 21 heavy (non-hydrogen) atoms. The number of nitrogens with zero attached hydrogens (tertiary/aromatic N) is 1. The minimum absolute atomic E-state index is 0.0700. The number of carbonyl (C=O) groups excluding carboxylic acids is 2. The SMILES string of the molecule is CC(=O)c1ccc(S(=O)(=O)N2CCCC[C@@H]2C(N)=O)cc1. The summed E-state index contributed by atoms with van der Waals surface area (Å²) in [5, 5.41) is 0. The van der Waals surface area contributed by atoms with E-state index in [0.29, 0.717) is 18.4 Å². The van der Waals surface area contributed by atoms with Gasteiger partial charge in [-0.1, -0.05) is 18.6 Å². The van der Waals surface area contributed by atoms with Crippen molar-refractivity contribution in [1.82, 2.24) is 4.31 Å². The molecular weight excluding hydrogens is 292 g/mol. The summed E-state index contributed by atoms with van der Waals surface area (Å²) >= 11 is 0. The summed E-state index contributed by atoms with van der Waals surface area (Å²) in [6, 6.07) is 4.92. The first kappa shape index (κ1) is 15.7. The number of amides is 1. The van der Waals surface area contributed by atoms with E-state index in [-0.39, 0.29) is 17.2 Å². The van der Waals surface area contributed by atoms with Gasteiger partial charge >= 0.3 is 0 Å². The molecule has 0 spiro atoms. The number of hydrogen-bond donors (Lipinski definition) is 1. The molecule has 0 bridgehead atoms. The van der Waals surface area contributed by atoms with Gasteiger partial charge in [0.25, 0.3) is 0 Å². The van der Waals surface area contributed by atoms with Crippen molar-refractivity contribution in [2.24, 2.45) is 5.73 Å². The average molecular weight is 310 g/mol. The van der Waals surface area contributed by atoms with E-state index in [2.05, 4.69) is 0 Å². The zero-order chi connectivity index (χ0) is 15.6. The van der Waals surface area contributed by atoms with E-state index in [1.54, 1.807) is 0 Å². The van der Waals surface area contributed by atoms with E-state index < -0.39 is 22.0 Å². The van der Waals surface area contributed by atoms with Crippen LogP contribution in [-0.4, -0.2) is 37.0 Å². The molecule has 0 aliphatic carbocycles. The van der Waals surface area contributed by atoms with Gasteiger partial charge in [0, 0.05) is 12.1 Å². The fourth-order valence-electron chi connectivity index (χ4n) is 2.47.